The van der Waals surface area contributed by atoms with Crippen LogP contribution in [0.3, 0.4) is 0 Å². The Kier molecular flexibility index (Phi) is 10.2. The van der Waals surface area contributed by atoms with Gasteiger partial charge in [-0.2, -0.15) is 0 Å². The number of benzene rings is 2. The molecule has 0 aliphatic rings. The molecule has 0 fully saturated rings. The second kappa shape index (κ2) is 14.0. The minimum Gasteiger partial charge on any atom is -0.494 e. The van der Waals surface area contributed by atoms with E-state index >= 15 is 0 Å². The van der Waals surface area contributed by atoms with Gasteiger partial charge in [0, 0.05) is 30.9 Å². The largest absolute Gasteiger partial charge is 0.494 e. The molecule has 2 aromatic carbocycles. The van der Waals surface area contributed by atoms with Crippen LogP contribution in [-0.2, 0) is 14.4 Å². The van der Waals surface area contributed by atoms with Crippen molar-refractivity contribution in [2.75, 3.05) is 23.4 Å². The van der Waals surface area contributed by atoms with Gasteiger partial charge in [-0.15, -0.1) is 0 Å². The van der Waals surface area contributed by atoms with Crippen LogP contribution in [0.2, 0.25) is 0 Å². The Morgan fingerprint density at radius 3 is 2.41 bits per heavy atom. The summed E-state index contributed by atoms with van der Waals surface area (Å²) >= 11 is 0. The van der Waals surface area contributed by atoms with E-state index < -0.39 is 18.0 Å². The van der Waals surface area contributed by atoms with Gasteiger partial charge in [-0.1, -0.05) is 36.4 Å². The molecule has 0 bridgehead atoms. The normalized spacial score (nSPS) is 11.5. The minimum atomic E-state index is -1.07. The zero-order chi connectivity index (χ0) is 26.5. The van der Waals surface area contributed by atoms with Gasteiger partial charge in [-0.3, -0.25) is 19.3 Å². The van der Waals surface area contributed by atoms with Crippen molar-refractivity contribution >= 4 is 35.4 Å². The first-order valence-corrected chi connectivity index (χ1v) is 11.9. The predicted octanol–water partition coefficient (Wildman–Crippen LogP) is 3.95. The fourth-order valence-corrected chi connectivity index (χ4v) is 3.41. The van der Waals surface area contributed by atoms with Crippen LogP contribution < -0.4 is 20.3 Å². The first-order chi connectivity index (χ1) is 18.0. The lowest BCUT2D eigenvalue weighted by Gasteiger charge is -2.27. The number of carboxylic acid groups (broad SMARTS) is 1. The van der Waals surface area contributed by atoms with Gasteiger partial charge in [0.2, 0.25) is 5.91 Å². The van der Waals surface area contributed by atoms with Gasteiger partial charge in [0.05, 0.1) is 6.61 Å². The summed E-state index contributed by atoms with van der Waals surface area (Å²) in [7, 11) is 0. The van der Waals surface area contributed by atoms with E-state index in [1.54, 1.807) is 54.7 Å². The lowest BCUT2D eigenvalue weighted by Crippen LogP contribution is -2.52. The van der Waals surface area contributed by atoms with Gasteiger partial charge in [0.15, 0.2) is 6.17 Å². The van der Waals surface area contributed by atoms with Crippen molar-refractivity contribution in [1.82, 2.24) is 10.3 Å². The van der Waals surface area contributed by atoms with Crippen LogP contribution in [0.4, 0.5) is 11.5 Å². The summed E-state index contributed by atoms with van der Waals surface area (Å²) in [6, 6.07) is 21.5. The molecule has 0 radical (unpaired) electrons. The number of aliphatic carboxylic acids is 1. The highest BCUT2D eigenvalue weighted by Crippen LogP contribution is 2.18. The van der Waals surface area contributed by atoms with Crippen LogP contribution in [-0.4, -0.2) is 47.2 Å². The molecule has 9 heteroatoms. The number of carbonyl (C=O) groups excluding carboxylic acids is 2. The van der Waals surface area contributed by atoms with E-state index in [4.69, 9.17) is 9.84 Å². The summed E-state index contributed by atoms with van der Waals surface area (Å²) in [5, 5.41) is 14.6. The van der Waals surface area contributed by atoms with Crippen molar-refractivity contribution in [3.05, 3.63) is 90.6 Å². The maximum Gasteiger partial charge on any atom is 0.303 e. The number of nitrogens with one attached hydrogen (secondary N) is 2. The Labute approximate surface area is 215 Å². The van der Waals surface area contributed by atoms with Gasteiger partial charge in [0.1, 0.15) is 11.6 Å². The number of hydrogen-bond acceptors (Lipinski definition) is 6. The minimum absolute atomic E-state index is 0.0338. The molecule has 2 amide bonds. The highest BCUT2D eigenvalue weighted by molar-refractivity contribution is 6.02. The quantitative estimate of drug-likeness (QED) is 0.184. The molecular weight excluding hydrogens is 472 g/mol. The molecule has 0 saturated heterocycles. The summed E-state index contributed by atoms with van der Waals surface area (Å²) in [4.78, 5) is 42.6. The van der Waals surface area contributed by atoms with Crippen molar-refractivity contribution in [3.63, 3.8) is 0 Å². The third-order valence-corrected chi connectivity index (χ3v) is 5.24. The van der Waals surface area contributed by atoms with E-state index in [2.05, 4.69) is 15.6 Å². The van der Waals surface area contributed by atoms with Gasteiger partial charge in [0.25, 0.3) is 5.91 Å². The number of pyridine rings is 1. The molecule has 0 saturated carbocycles. The van der Waals surface area contributed by atoms with E-state index in [9.17, 15) is 14.4 Å². The molecule has 1 unspecified atom stereocenters. The molecule has 0 aliphatic carbocycles. The van der Waals surface area contributed by atoms with Crippen LogP contribution >= 0.6 is 0 Å². The Balaban J connectivity index is 1.73. The summed E-state index contributed by atoms with van der Waals surface area (Å²) in [6.45, 7) is 2.46. The Morgan fingerprint density at radius 1 is 1.03 bits per heavy atom. The highest BCUT2D eigenvalue weighted by atomic mass is 16.5. The zero-order valence-corrected chi connectivity index (χ0v) is 20.5. The van der Waals surface area contributed by atoms with Crippen LogP contribution in [0.5, 0.6) is 5.75 Å². The average molecular weight is 503 g/mol. The van der Waals surface area contributed by atoms with E-state index in [1.165, 1.54) is 11.0 Å². The standard InChI is InChI=1S/C28H30N4O5/c1-2-32(24-11-6-7-19-29-24)28(36)27(31-25(33)18-13-21-9-4-3-5-10-21)30-22-14-16-23(17-15-22)37-20-8-12-26(34)35/h3-7,9-11,13-19,27,30H,2,8,12,20H2,1H3,(H,31,33)(H,34,35). The average Bonchev–Trinajstić information content (AvgIpc) is 2.92. The van der Waals surface area contributed by atoms with Crippen molar-refractivity contribution < 1.29 is 24.2 Å². The third kappa shape index (κ3) is 8.81. The molecular formula is C28H30N4O5. The van der Waals surface area contributed by atoms with Gasteiger partial charge < -0.3 is 20.5 Å². The third-order valence-electron chi connectivity index (χ3n) is 5.24. The predicted molar refractivity (Wildman–Crippen MR) is 142 cm³/mol. The number of hydrogen-bond donors (Lipinski definition) is 3. The number of likely N-dealkylation sites (N-methyl/N-ethyl adjacent to an activating group) is 1. The van der Waals surface area contributed by atoms with Gasteiger partial charge in [-0.05, 0) is 61.4 Å². The van der Waals surface area contributed by atoms with Crippen LogP contribution in [0.25, 0.3) is 6.08 Å². The van der Waals surface area contributed by atoms with Crippen molar-refractivity contribution in [2.24, 2.45) is 0 Å². The van der Waals surface area contributed by atoms with Crippen LogP contribution in [0.15, 0.2) is 85.1 Å². The molecule has 1 atom stereocenters. The first kappa shape index (κ1) is 26.9. The van der Waals surface area contributed by atoms with E-state index in [0.717, 1.165) is 5.56 Å². The van der Waals surface area contributed by atoms with E-state index in [-0.39, 0.29) is 18.9 Å². The number of rotatable bonds is 13. The maximum atomic E-state index is 13.5. The topological polar surface area (TPSA) is 121 Å². The molecule has 3 rings (SSSR count). The summed E-state index contributed by atoms with van der Waals surface area (Å²) in [5.41, 5.74) is 1.44. The number of aromatic nitrogens is 1. The van der Waals surface area contributed by atoms with Gasteiger partial charge >= 0.3 is 5.97 Å². The molecule has 3 N–H and O–H groups in total. The SMILES string of the molecule is CCN(C(=O)C(NC(=O)C=Cc1ccccc1)Nc1ccc(OCCCC(=O)O)cc1)c1ccccn1. The number of nitrogens with zero attached hydrogens (tertiary/aromatic N) is 2. The lowest BCUT2D eigenvalue weighted by molar-refractivity contribution is -0.137. The molecule has 3 aromatic rings. The highest BCUT2D eigenvalue weighted by Gasteiger charge is 2.26. The van der Waals surface area contributed by atoms with E-state index in [1.807, 2.05) is 37.3 Å². The second-order valence-electron chi connectivity index (χ2n) is 7.97. The Morgan fingerprint density at radius 2 is 1.76 bits per heavy atom. The van der Waals surface area contributed by atoms with Crippen LogP contribution in [0, 0.1) is 0 Å². The van der Waals surface area contributed by atoms with Crippen LogP contribution in [0.1, 0.15) is 25.3 Å². The lowest BCUT2D eigenvalue weighted by atomic mass is 10.2. The number of amides is 2. The summed E-state index contributed by atoms with van der Waals surface area (Å²) in [5.74, 6) is -0.647. The number of anilines is 2. The Hall–Kier alpha value is -4.66. The number of carboxylic acids is 1. The van der Waals surface area contributed by atoms with Crippen molar-refractivity contribution in [1.29, 1.82) is 0 Å². The molecule has 1 aromatic heterocycles. The molecule has 9 nitrogen and oxygen atoms in total. The summed E-state index contributed by atoms with van der Waals surface area (Å²) in [6.07, 6.45) is 4.01. The molecule has 1 heterocycles. The summed E-state index contributed by atoms with van der Waals surface area (Å²) < 4.78 is 5.56. The fourth-order valence-electron chi connectivity index (χ4n) is 3.41. The molecule has 0 aliphatic heterocycles. The monoisotopic (exact) mass is 502 g/mol. The van der Waals surface area contributed by atoms with Crippen molar-refractivity contribution in [3.8, 4) is 5.75 Å². The fraction of sp³-hybridized carbons (Fsp3) is 0.214. The Bertz CT molecular complexity index is 1180. The molecule has 0 spiro atoms. The maximum absolute atomic E-state index is 13.5. The first-order valence-electron chi connectivity index (χ1n) is 11.9. The van der Waals surface area contributed by atoms with Crippen molar-refractivity contribution in [2.45, 2.75) is 25.9 Å². The number of carbonyl (C=O) groups is 3. The second-order valence-corrected chi connectivity index (χ2v) is 7.97. The zero-order valence-electron chi connectivity index (χ0n) is 20.5. The van der Waals surface area contributed by atoms with E-state index in [0.29, 0.717) is 30.2 Å². The molecule has 37 heavy (non-hydrogen) atoms. The van der Waals surface area contributed by atoms with Gasteiger partial charge in [-0.25, -0.2) is 4.98 Å². The smallest absolute Gasteiger partial charge is 0.303 e. The number of ether oxygens (including phenoxy) is 1. The molecule has 192 valence electrons.